The van der Waals surface area contributed by atoms with Gasteiger partial charge in [-0.3, -0.25) is 0 Å². The lowest BCUT2D eigenvalue weighted by molar-refractivity contribution is 0.466. The van der Waals surface area contributed by atoms with Crippen LogP contribution in [-0.2, 0) is 0 Å². The van der Waals surface area contributed by atoms with E-state index >= 15 is 0 Å². The molecule has 1 aliphatic rings. The first kappa shape index (κ1) is 13.4. The van der Waals surface area contributed by atoms with Gasteiger partial charge in [0.15, 0.2) is 0 Å². The number of hydrogen-bond acceptors (Lipinski definition) is 2. The molecule has 0 saturated heterocycles. The van der Waals surface area contributed by atoms with E-state index in [1.807, 2.05) is 0 Å². The topological polar surface area (TPSA) is 29.3 Å². The average molecular weight is 246 g/mol. The molecule has 2 N–H and O–H groups in total. The van der Waals surface area contributed by atoms with Crippen molar-refractivity contribution in [3.63, 3.8) is 0 Å². The summed E-state index contributed by atoms with van der Waals surface area (Å²) in [6.07, 6.45) is 6.37. The number of aryl methyl sites for hydroxylation is 1. The van der Waals surface area contributed by atoms with Crippen LogP contribution in [0.15, 0.2) is 24.3 Å². The quantitative estimate of drug-likeness (QED) is 0.827. The van der Waals surface area contributed by atoms with Crippen LogP contribution in [0.1, 0.15) is 44.6 Å². The normalized spacial score (nSPS) is 24.6. The van der Waals surface area contributed by atoms with Crippen LogP contribution >= 0.6 is 0 Å². The molecule has 1 aromatic carbocycles. The Morgan fingerprint density at radius 2 is 1.89 bits per heavy atom. The predicted octanol–water partition coefficient (Wildman–Crippen LogP) is 3.48. The minimum Gasteiger partial charge on any atom is -0.367 e. The minimum atomic E-state index is 0.326. The van der Waals surface area contributed by atoms with Crippen LogP contribution in [-0.4, -0.2) is 18.6 Å². The van der Waals surface area contributed by atoms with Gasteiger partial charge in [0.1, 0.15) is 0 Å². The molecule has 0 bridgehead atoms. The van der Waals surface area contributed by atoms with Gasteiger partial charge in [0.25, 0.3) is 0 Å². The Morgan fingerprint density at radius 3 is 2.61 bits per heavy atom. The number of hydrogen-bond donors (Lipinski definition) is 1. The summed E-state index contributed by atoms with van der Waals surface area (Å²) < 4.78 is 0. The summed E-state index contributed by atoms with van der Waals surface area (Å²) in [4.78, 5) is 2.52. The lowest BCUT2D eigenvalue weighted by atomic mass is 10.0. The number of rotatable bonds is 3. The Balaban J connectivity index is 2.24. The predicted molar refractivity (Wildman–Crippen MR) is 79.0 cm³/mol. The van der Waals surface area contributed by atoms with E-state index in [2.05, 4.69) is 43.0 Å². The summed E-state index contributed by atoms with van der Waals surface area (Å²) in [5, 5.41) is 0. The Kier molecular flexibility index (Phi) is 4.65. The Morgan fingerprint density at radius 1 is 1.17 bits per heavy atom. The standard InChI is InChI=1S/C16H26N2/c1-3-18(15-11-8-7-9-13(15)2)16-12-6-4-5-10-14(16)17/h7-9,11,14,16H,3-6,10,12,17H2,1-2H3. The molecule has 2 nitrogen and oxygen atoms in total. The van der Waals surface area contributed by atoms with Crippen LogP contribution in [0.25, 0.3) is 0 Å². The second-order valence-corrected chi connectivity index (χ2v) is 5.44. The highest BCUT2D eigenvalue weighted by Crippen LogP contribution is 2.28. The second-order valence-electron chi connectivity index (χ2n) is 5.44. The number of anilines is 1. The van der Waals surface area contributed by atoms with Crippen LogP contribution in [0.5, 0.6) is 0 Å². The number of likely N-dealkylation sites (N-methyl/N-ethyl adjacent to an activating group) is 1. The maximum absolute atomic E-state index is 6.40. The van der Waals surface area contributed by atoms with Crippen molar-refractivity contribution in [2.24, 2.45) is 5.73 Å². The molecule has 1 aromatic rings. The van der Waals surface area contributed by atoms with Gasteiger partial charge in [0, 0.05) is 24.3 Å². The molecule has 1 saturated carbocycles. The Labute approximate surface area is 111 Å². The third-order valence-corrected chi connectivity index (χ3v) is 4.20. The molecule has 2 unspecified atom stereocenters. The molecule has 0 radical (unpaired) electrons. The van der Waals surface area contributed by atoms with Gasteiger partial charge in [0.2, 0.25) is 0 Å². The van der Waals surface area contributed by atoms with E-state index in [1.165, 1.54) is 43.4 Å². The van der Waals surface area contributed by atoms with Crippen molar-refractivity contribution in [2.75, 3.05) is 11.4 Å². The zero-order chi connectivity index (χ0) is 13.0. The minimum absolute atomic E-state index is 0.326. The summed E-state index contributed by atoms with van der Waals surface area (Å²) in [5.74, 6) is 0. The van der Waals surface area contributed by atoms with Crippen molar-refractivity contribution in [3.05, 3.63) is 29.8 Å². The summed E-state index contributed by atoms with van der Waals surface area (Å²) in [7, 11) is 0. The van der Waals surface area contributed by atoms with Crippen molar-refractivity contribution < 1.29 is 0 Å². The summed E-state index contributed by atoms with van der Waals surface area (Å²) in [5.41, 5.74) is 9.12. The van der Waals surface area contributed by atoms with Crippen molar-refractivity contribution >= 4 is 5.69 Å². The smallest absolute Gasteiger partial charge is 0.0441 e. The van der Waals surface area contributed by atoms with Crippen molar-refractivity contribution in [1.82, 2.24) is 0 Å². The Hall–Kier alpha value is -1.02. The SMILES string of the molecule is CCN(c1ccccc1C)C1CCCCCC1N. The molecule has 100 valence electrons. The van der Waals surface area contributed by atoms with E-state index in [9.17, 15) is 0 Å². The zero-order valence-corrected chi connectivity index (χ0v) is 11.7. The number of nitrogens with zero attached hydrogens (tertiary/aromatic N) is 1. The van der Waals surface area contributed by atoms with Crippen LogP contribution in [0.3, 0.4) is 0 Å². The maximum Gasteiger partial charge on any atom is 0.0441 e. The molecule has 0 aliphatic heterocycles. The first-order valence-electron chi connectivity index (χ1n) is 7.32. The molecule has 2 atom stereocenters. The summed E-state index contributed by atoms with van der Waals surface area (Å²) in [6.45, 7) is 5.48. The lowest BCUT2D eigenvalue weighted by Gasteiger charge is -2.36. The lowest BCUT2D eigenvalue weighted by Crippen LogP contribution is -2.47. The molecular formula is C16H26N2. The highest BCUT2D eigenvalue weighted by molar-refractivity contribution is 5.54. The van der Waals surface area contributed by atoms with Crippen molar-refractivity contribution in [2.45, 2.75) is 58.0 Å². The average Bonchev–Trinajstić information content (AvgIpc) is 2.58. The fourth-order valence-electron chi connectivity index (χ4n) is 3.17. The molecule has 0 spiro atoms. The number of benzene rings is 1. The molecule has 0 amide bonds. The Bertz CT molecular complexity index is 375. The molecule has 1 fully saturated rings. The molecular weight excluding hydrogens is 220 g/mol. The first-order valence-corrected chi connectivity index (χ1v) is 7.32. The van der Waals surface area contributed by atoms with Crippen LogP contribution in [0.2, 0.25) is 0 Å². The fourth-order valence-corrected chi connectivity index (χ4v) is 3.17. The second kappa shape index (κ2) is 6.24. The van der Waals surface area contributed by atoms with Crippen LogP contribution in [0.4, 0.5) is 5.69 Å². The molecule has 0 heterocycles. The number of nitrogens with two attached hydrogens (primary N) is 1. The van der Waals surface area contributed by atoms with Gasteiger partial charge in [0.05, 0.1) is 0 Å². The van der Waals surface area contributed by atoms with E-state index in [0.717, 1.165) is 6.54 Å². The van der Waals surface area contributed by atoms with E-state index < -0.39 is 0 Å². The van der Waals surface area contributed by atoms with Crippen LogP contribution < -0.4 is 10.6 Å². The van der Waals surface area contributed by atoms with E-state index in [-0.39, 0.29) is 0 Å². The first-order chi connectivity index (χ1) is 8.74. The third-order valence-electron chi connectivity index (χ3n) is 4.20. The van der Waals surface area contributed by atoms with Gasteiger partial charge in [-0.1, -0.05) is 37.5 Å². The fraction of sp³-hybridized carbons (Fsp3) is 0.625. The van der Waals surface area contributed by atoms with E-state index in [1.54, 1.807) is 0 Å². The molecule has 1 aliphatic carbocycles. The molecule has 2 rings (SSSR count). The van der Waals surface area contributed by atoms with Gasteiger partial charge in [-0.05, 0) is 38.3 Å². The van der Waals surface area contributed by atoms with E-state index in [0.29, 0.717) is 12.1 Å². The van der Waals surface area contributed by atoms with Gasteiger partial charge in [-0.15, -0.1) is 0 Å². The van der Waals surface area contributed by atoms with E-state index in [4.69, 9.17) is 5.73 Å². The molecule has 0 aromatic heterocycles. The molecule has 2 heteroatoms. The van der Waals surface area contributed by atoms with Crippen LogP contribution in [0, 0.1) is 6.92 Å². The summed E-state index contributed by atoms with van der Waals surface area (Å²) >= 11 is 0. The largest absolute Gasteiger partial charge is 0.367 e. The van der Waals surface area contributed by atoms with Gasteiger partial charge in [-0.2, -0.15) is 0 Å². The van der Waals surface area contributed by atoms with Gasteiger partial charge < -0.3 is 10.6 Å². The highest BCUT2D eigenvalue weighted by Gasteiger charge is 2.26. The number of para-hydroxylation sites is 1. The zero-order valence-electron chi connectivity index (χ0n) is 11.7. The molecule has 18 heavy (non-hydrogen) atoms. The monoisotopic (exact) mass is 246 g/mol. The van der Waals surface area contributed by atoms with Crippen molar-refractivity contribution in [3.8, 4) is 0 Å². The van der Waals surface area contributed by atoms with Crippen molar-refractivity contribution in [1.29, 1.82) is 0 Å². The van der Waals surface area contributed by atoms with Gasteiger partial charge in [-0.25, -0.2) is 0 Å². The van der Waals surface area contributed by atoms with Gasteiger partial charge >= 0.3 is 0 Å². The maximum atomic E-state index is 6.40. The third kappa shape index (κ3) is 2.86. The highest BCUT2D eigenvalue weighted by atomic mass is 15.2. The summed E-state index contributed by atoms with van der Waals surface area (Å²) in [6, 6.07) is 9.51.